The van der Waals surface area contributed by atoms with Gasteiger partial charge in [-0.05, 0) is 23.1 Å². The smallest absolute Gasteiger partial charge is 0.349 e. The topological polar surface area (TPSA) is 116 Å². The zero-order chi connectivity index (χ0) is 14.9. The summed E-state index contributed by atoms with van der Waals surface area (Å²) < 4.78 is 31.3. The zero-order valence-electron chi connectivity index (χ0n) is 10.8. The number of ether oxygens (including phenoxy) is 1. The summed E-state index contributed by atoms with van der Waals surface area (Å²) in [5, 5.41) is 12.3. The number of methoxy groups -OCH3 is 1. The summed E-state index contributed by atoms with van der Waals surface area (Å²) in [7, 11) is -1.31. The molecule has 0 unspecified atom stereocenters. The quantitative estimate of drug-likeness (QED) is 0.799. The molecule has 2 heterocycles. The lowest BCUT2D eigenvalue weighted by Crippen LogP contribution is -2.17. The van der Waals surface area contributed by atoms with E-state index in [0.717, 1.165) is 16.1 Å². The minimum absolute atomic E-state index is 0.00129. The third-order valence-electron chi connectivity index (χ3n) is 2.29. The third kappa shape index (κ3) is 2.63. The Morgan fingerprint density at radius 2 is 2.20 bits per heavy atom. The van der Waals surface area contributed by atoms with E-state index in [-0.39, 0.29) is 15.7 Å². The van der Waals surface area contributed by atoms with Crippen molar-refractivity contribution in [3.63, 3.8) is 0 Å². The van der Waals surface area contributed by atoms with E-state index in [1.165, 1.54) is 14.2 Å². The van der Waals surface area contributed by atoms with Gasteiger partial charge in [-0.25, -0.2) is 17.9 Å². The van der Waals surface area contributed by atoms with Crippen LogP contribution < -0.4 is 4.72 Å². The molecule has 20 heavy (non-hydrogen) atoms. The maximum atomic E-state index is 12.3. The van der Waals surface area contributed by atoms with Crippen LogP contribution in [0.2, 0.25) is 0 Å². The molecule has 108 valence electrons. The van der Waals surface area contributed by atoms with Crippen molar-refractivity contribution in [3.05, 3.63) is 15.8 Å². The van der Waals surface area contributed by atoms with Crippen molar-refractivity contribution in [2.45, 2.75) is 11.8 Å². The summed E-state index contributed by atoms with van der Waals surface area (Å²) in [6.45, 7) is 1.58. The van der Waals surface area contributed by atoms with Gasteiger partial charge in [-0.3, -0.25) is 0 Å². The largest absolute Gasteiger partial charge is 0.465 e. The predicted octanol–water partition coefficient (Wildman–Crippen LogP) is 0.167. The van der Waals surface area contributed by atoms with E-state index < -0.39 is 16.0 Å². The first-order chi connectivity index (χ1) is 9.35. The number of carbonyl (C=O) groups excluding carboxylic acids is 1. The van der Waals surface area contributed by atoms with E-state index in [9.17, 15) is 13.2 Å². The maximum absolute atomic E-state index is 12.3. The number of esters is 1. The van der Waals surface area contributed by atoms with Gasteiger partial charge in [-0.1, -0.05) is 5.10 Å². The molecule has 0 aliphatic heterocycles. The van der Waals surface area contributed by atoms with E-state index in [2.05, 4.69) is 24.9 Å². The highest BCUT2D eigenvalue weighted by molar-refractivity contribution is 7.93. The number of hydrogen-bond acceptors (Lipinski definition) is 8. The Bertz CT molecular complexity index is 748. The SMILES string of the molecule is COC(=O)c1scc(C)c1S(=O)(=O)Nc1nnn(C)n1. The van der Waals surface area contributed by atoms with Gasteiger partial charge < -0.3 is 4.74 Å². The highest BCUT2D eigenvalue weighted by atomic mass is 32.2. The second-order valence-electron chi connectivity index (χ2n) is 3.78. The van der Waals surface area contributed by atoms with Crippen molar-refractivity contribution in [2.75, 3.05) is 11.8 Å². The van der Waals surface area contributed by atoms with Gasteiger partial charge in [-0.2, -0.15) is 4.80 Å². The van der Waals surface area contributed by atoms with E-state index in [1.54, 1.807) is 12.3 Å². The van der Waals surface area contributed by atoms with Gasteiger partial charge in [0.25, 0.3) is 16.0 Å². The summed E-state index contributed by atoms with van der Waals surface area (Å²) in [5.41, 5.74) is 0.437. The molecule has 0 atom stereocenters. The molecule has 9 nitrogen and oxygen atoms in total. The van der Waals surface area contributed by atoms with Gasteiger partial charge in [0.15, 0.2) is 0 Å². The van der Waals surface area contributed by atoms with Gasteiger partial charge in [0.2, 0.25) is 0 Å². The molecule has 0 aromatic carbocycles. The molecule has 0 aliphatic rings. The summed E-state index contributed by atoms with van der Waals surface area (Å²) in [4.78, 5) is 12.6. The number of rotatable bonds is 4. The Kier molecular flexibility index (Phi) is 3.72. The van der Waals surface area contributed by atoms with E-state index >= 15 is 0 Å². The molecule has 0 saturated carbocycles. The standard InChI is InChI=1S/C9H11N5O4S2/c1-5-4-19-6(8(15)18-3)7(5)20(16,17)12-9-10-13-14(2)11-9/h4H,1-3H3,(H,11,12). The van der Waals surface area contributed by atoms with Crippen LogP contribution in [0.1, 0.15) is 15.2 Å². The summed E-state index contributed by atoms with van der Waals surface area (Å²) >= 11 is 0.996. The van der Waals surface area contributed by atoms with Crippen molar-refractivity contribution < 1.29 is 17.9 Å². The van der Waals surface area contributed by atoms with Gasteiger partial charge in [-0.15, -0.1) is 16.4 Å². The Hall–Kier alpha value is -2.01. The molecule has 0 spiro atoms. The fourth-order valence-electron chi connectivity index (χ4n) is 1.50. The van der Waals surface area contributed by atoms with Crippen LogP contribution in [0.5, 0.6) is 0 Å². The van der Waals surface area contributed by atoms with Crippen LogP contribution in [0.15, 0.2) is 10.3 Å². The zero-order valence-corrected chi connectivity index (χ0v) is 12.4. The molecule has 11 heteroatoms. The lowest BCUT2D eigenvalue weighted by atomic mass is 10.3. The molecule has 2 rings (SSSR count). The number of aryl methyl sites for hydroxylation is 2. The lowest BCUT2D eigenvalue weighted by Gasteiger charge is -2.06. The van der Waals surface area contributed by atoms with Crippen molar-refractivity contribution in [2.24, 2.45) is 7.05 Å². The van der Waals surface area contributed by atoms with E-state index in [1.807, 2.05) is 0 Å². The molecule has 1 N–H and O–H groups in total. The first-order valence-electron chi connectivity index (χ1n) is 5.28. The number of sulfonamides is 1. The molecule has 0 radical (unpaired) electrons. The first-order valence-corrected chi connectivity index (χ1v) is 7.64. The molecular formula is C9H11N5O4S2. The normalized spacial score (nSPS) is 11.3. The number of hydrogen-bond donors (Lipinski definition) is 1. The second kappa shape index (κ2) is 5.17. The van der Waals surface area contributed by atoms with Gasteiger partial charge >= 0.3 is 5.97 Å². The van der Waals surface area contributed by atoms with Crippen LogP contribution in [-0.4, -0.2) is 41.7 Å². The number of carbonyl (C=O) groups is 1. The molecule has 2 aromatic rings. The number of aromatic nitrogens is 4. The Morgan fingerprint density at radius 3 is 2.75 bits per heavy atom. The van der Waals surface area contributed by atoms with Crippen molar-refractivity contribution in [3.8, 4) is 0 Å². The van der Waals surface area contributed by atoms with Crippen molar-refractivity contribution in [1.82, 2.24) is 20.2 Å². The summed E-state index contributed by atoms with van der Waals surface area (Å²) in [5.74, 6) is -0.885. The van der Waals surface area contributed by atoms with E-state index in [4.69, 9.17) is 0 Å². The molecule has 0 amide bonds. The predicted molar refractivity (Wildman–Crippen MR) is 70.0 cm³/mol. The molecule has 0 aliphatic carbocycles. The average Bonchev–Trinajstić information content (AvgIpc) is 2.94. The highest BCUT2D eigenvalue weighted by Gasteiger charge is 2.28. The Morgan fingerprint density at radius 1 is 1.50 bits per heavy atom. The van der Waals surface area contributed by atoms with Crippen molar-refractivity contribution in [1.29, 1.82) is 0 Å². The average molecular weight is 317 g/mol. The fraction of sp³-hybridized carbons (Fsp3) is 0.333. The summed E-state index contributed by atoms with van der Waals surface area (Å²) in [6, 6.07) is 0. The van der Waals surface area contributed by atoms with Crippen LogP contribution in [-0.2, 0) is 21.8 Å². The van der Waals surface area contributed by atoms with Gasteiger partial charge in [0, 0.05) is 0 Å². The molecule has 0 saturated heterocycles. The van der Waals surface area contributed by atoms with Crippen LogP contribution in [0.3, 0.4) is 0 Å². The van der Waals surface area contributed by atoms with E-state index in [0.29, 0.717) is 5.56 Å². The highest BCUT2D eigenvalue weighted by Crippen LogP contribution is 2.28. The minimum Gasteiger partial charge on any atom is -0.465 e. The fourth-order valence-corrected chi connectivity index (χ4v) is 4.14. The number of thiophene rings is 1. The maximum Gasteiger partial charge on any atom is 0.349 e. The monoisotopic (exact) mass is 317 g/mol. The molecule has 0 fully saturated rings. The van der Waals surface area contributed by atoms with Gasteiger partial charge in [0.05, 0.1) is 14.2 Å². The van der Waals surface area contributed by atoms with Crippen LogP contribution >= 0.6 is 11.3 Å². The lowest BCUT2D eigenvalue weighted by molar-refractivity contribution is 0.0602. The number of nitrogens with one attached hydrogen (secondary N) is 1. The summed E-state index contributed by atoms with van der Waals surface area (Å²) in [6.07, 6.45) is 0. The minimum atomic E-state index is -3.99. The first kappa shape index (κ1) is 14.4. The number of nitrogens with zero attached hydrogens (tertiary/aromatic N) is 4. The molecule has 0 bridgehead atoms. The third-order valence-corrected chi connectivity index (χ3v) is 5.01. The van der Waals surface area contributed by atoms with Crippen LogP contribution in [0.25, 0.3) is 0 Å². The van der Waals surface area contributed by atoms with Crippen molar-refractivity contribution >= 4 is 33.3 Å². The Balaban J connectivity index is 2.44. The molecular weight excluding hydrogens is 306 g/mol. The number of tetrazole rings is 1. The Labute approximate surface area is 118 Å². The second-order valence-corrected chi connectivity index (χ2v) is 6.28. The number of anilines is 1. The van der Waals surface area contributed by atoms with Crippen LogP contribution in [0.4, 0.5) is 5.95 Å². The van der Waals surface area contributed by atoms with Gasteiger partial charge in [0.1, 0.15) is 9.77 Å². The molecule has 2 aromatic heterocycles. The van der Waals surface area contributed by atoms with Crippen LogP contribution in [0, 0.1) is 6.92 Å².